The van der Waals surface area contributed by atoms with Crippen LogP contribution in [0.3, 0.4) is 0 Å². The lowest BCUT2D eigenvalue weighted by Gasteiger charge is -2.54. The van der Waals surface area contributed by atoms with E-state index >= 15 is 0 Å². The maximum atomic E-state index is 12.8. The Hall–Kier alpha value is -1.76. The number of esters is 1. The van der Waals surface area contributed by atoms with Crippen LogP contribution >= 0.6 is 0 Å². The molecule has 7 atom stereocenters. The molecule has 0 aromatic heterocycles. The summed E-state index contributed by atoms with van der Waals surface area (Å²) in [6.45, 7) is 10.4. The number of ketones is 1. The zero-order valence-corrected chi connectivity index (χ0v) is 16.9. The first-order valence-corrected chi connectivity index (χ1v) is 9.77. The third-order valence-electron chi connectivity index (χ3n) is 6.88. The summed E-state index contributed by atoms with van der Waals surface area (Å²) in [5, 5.41) is 33.3. The number of carbonyl (C=O) groups excluding carboxylic acids is 2. The largest absolute Gasteiger partial charge is 0.462 e. The number of Topliss-reactive ketones (excluding diaryl/α,β-unsaturated/α-hetero) is 1. The molecular formula is C22H30O6. The van der Waals surface area contributed by atoms with E-state index in [9.17, 15) is 24.9 Å². The van der Waals surface area contributed by atoms with E-state index in [1.165, 1.54) is 6.92 Å². The molecule has 0 amide bonds. The van der Waals surface area contributed by atoms with Gasteiger partial charge in [-0.3, -0.25) is 9.59 Å². The number of ether oxygens (including phenoxy) is 1. The zero-order valence-electron chi connectivity index (χ0n) is 16.9. The average Bonchev–Trinajstić information content (AvgIpc) is 2.76. The van der Waals surface area contributed by atoms with Crippen LogP contribution in [0.2, 0.25) is 0 Å². The van der Waals surface area contributed by atoms with Crippen molar-refractivity contribution in [1.82, 2.24) is 0 Å². The predicted octanol–water partition coefficient (Wildman–Crippen LogP) is 1.70. The van der Waals surface area contributed by atoms with Crippen LogP contribution in [0.25, 0.3) is 0 Å². The number of rotatable bonds is 3. The van der Waals surface area contributed by atoms with Crippen molar-refractivity contribution in [2.24, 2.45) is 23.7 Å². The molecule has 6 heteroatoms. The van der Waals surface area contributed by atoms with Crippen molar-refractivity contribution < 1.29 is 29.6 Å². The third kappa shape index (κ3) is 2.90. The van der Waals surface area contributed by atoms with Gasteiger partial charge in [0.15, 0.2) is 5.78 Å². The van der Waals surface area contributed by atoms with Crippen molar-refractivity contribution in [1.29, 1.82) is 0 Å². The van der Waals surface area contributed by atoms with Gasteiger partial charge in [0.2, 0.25) is 0 Å². The van der Waals surface area contributed by atoms with Gasteiger partial charge in [0.25, 0.3) is 0 Å². The number of carbonyl (C=O) groups is 2. The van der Waals surface area contributed by atoms with Gasteiger partial charge in [0.05, 0.1) is 12.2 Å². The fourth-order valence-corrected chi connectivity index (χ4v) is 5.66. The summed E-state index contributed by atoms with van der Waals surface area (Å²) in [7, 11) is 0. The highest BCUT2D eigenvalue weighted by Gasteiger charge is 2.65. The fourth-order valence-electron chi connectivity index (χ4n) is 5.66. The maximum absolute atomic E-state index is 12.8. The Morgan fingerprint density at radius 2 is 1.96 bits per heavy atom. The highest BCUT2D eigenvalue weighted by atomic mass is 16.5. The highest BCUT2D eigenvalue weighted by Crippen LogP contribution is 2.57. The van der Waals surface area contributed by atoms with Gasteiger partial charge < -0.3 is 20.1 Å². The number of aliphatic hydroxyl groups excluding tert-OH is 1. The van der Waals surface area contributed by atoms with E-state index in [-0.39, 0.29) is 18.9 Å². The molecule has 0 bridgehead atoms. The van der Waals surface area contributed by atoms with Gasteiger partial charge in [-0.2, -0.15) is 0 Å². The Morgan fingerprint density at radius 1 is 1.32 bits per heavy atom. The summed E-state index contributed by atoms with van der Waals surface area (Å²) >= 11 is 0. The number of fused-ring (bicyclic) bond motifs is 3. The average molecular weight is 390 g/mol. The molecule has 3 rings (SSSR count). The summed E-state index contributed by atoms with van der Waals surface area (Å²) in [4.78, 5) is 24.5. The van der Waals surface area contributed by atoms with E-state index in [2.05, 4.69) is 6.58 Å². The molecule has 0 unspecified atom stereocenters. The molecule has 0 heterocycles. The molecule has 1 saturated carbocycles. The van der Waals surface area contributed by atoms with Gasteiger partial charge >= 0.3 is 5.97 Å². The van der Waals surface area contributed by atoms with E-state index < -0.39 is 46.8 Å². The second kappa shape index (κ2) is 6.94. The molecule has 0 aromatic carbocycles. The van der Waals surface area contributed by atoms with Crippen LogP contribution in [0.1, 0.15) is 40.5 Å². The smallest absolute Gasteiger partial charge is 0.302 e. The van der Waals surface area contributed by atoms with E-state index in [1.807, 2.05) is 13.8 Å². The first-order valence-electron chi connectivity index (χ1n) is 9.77. The summed E-state index contributed by atoms with van der Waals surface area (Å²) in [6.07, 6.45) is 3.31. The van der Waals surface area contributed by atoms with Crippen molar-refractivity contribution in [3.63, 3.8) is 0 Å². The number of hydrogen-bond acceptors (Lipinski definition) is 6. The van der Waals surface area contributed by atoms with Crippen LogP contribution in [0.5, 0.6) is 0 Å². The Balaban J connectivity index is 2.21. The fraction of sp³-hybridized carbons (Fsp3) is 0.636. The van der Waals surface area contributed by atoms with Crippen LogP contribution in [-0.4, -0.2) is 51.0 Å². The summed E-state index contributed by atoms with van der Waals surface area (Å²) in [5.74, 6) is -2.94. The van der Waals surface area contributed by atoms with Crippen molar-refractivity contribution >= 4 is 11.8 Å². The monoisotopic (exact) mass is 390 g/mol. The minimum Gasteiger partial charge on any atom is -0.462 e. The van der Waals surface area contributed by atoms with Crippen LogP contribution in [0, 0.1) is 23.7 Å². The number of aliphatic hydroxyl groups is 3. The lowest BCUT2D eigenvalue weighted by Crippen LogP contribution is -2.63. The van der Waals surface area contributed by atoms with Gasteiger partial charge in [-0.05, 0) is 37.3 Å². The lowest BCUT2D eigenvalue weighted by molar-refractivity contribution is -0.194. The zero-order chi connectivity index (χ0) is 21.0. The third-order valence-corrected chi connectivity index (χ3v) is 6.88. The van der Waals surface area contributed by atoms with Gasteiger partial charge in [-0.15, -0.1) is 0 Å². The molecule has 28 heavy (non-hydrogen) atoms. The van der Waals surface area contributed by atoms with Gasteiger partial charge in [-0.1, -0.05) is 31.2 Å². The maximum Gasteiger partial charge on any atom is 0.302 e. The standard InChI is InChI=1S/C22H30O6/c1-11(2)19-16-8-15(10-23)9-21(26)18(6-12(3)20(21)25)22(16,27)13(4)7-17(19)28-14(5)24/h6,8,13,16-19,23,26-27H,1,7,9-10H2,2-5H3/t13-,16+,17+,18-,19+,21-,22-/m1/s1. The summed E-state index contributed by atoms with van der Waals surface area (Å²) in [5.41, 5.74) is -1.58. The molecule has 3 aliphatic rings. The minimum absolute atomic E-state index is 0.0342. The second-order valence-electron chi connectivity index (χ2n) is 8.81. The molecule has 1 fully saturated rings. The second-order valence-corrected chi connectivity index (χ2v) is 8.81. The lowest BCUT2D eigenvalue weighted by atomic mass is 9.55. The predicted molar refractivity (Wildman–Crippen MR) is 103 cm³/mol. The van der Waals surface area contributed by atoms with Crippen molar-refractivity contribution in [2.45, 2.75) is 57.8 Å². The van der Waals surface area contributed by atoms with Gasteiger partial charge in [0.1, 0.15) is 11.7 Å². The van der Waals surface area contributed by atoms with E-state index in [0.29, 0.717) is 17.6 Å². The quantitative estimate of drug-likeness (QED) is 0.501. The molecule has 154 valence electrons. The Bertz CT molecular complexity index is 780. The molecule has 0 spiro atoms. The van der Waals surface area contributed by atoms with Gasteiger partial charge in [-0.25, -0.2) is 0 Å². The van der Waals surface area contributed by atoms with Crippen molar-refractivity contribution in [3.05, 3.63) is 35.5 Å². The molecular weight excluding hydrogens is 360 g/mol. The SMILES string of the molecule is C=C(C)[C@@H]1[C@@H](OC(C)=O)C[C@@H](C)[C@@]2(O)[C@H]1C=C(CO)C[C@]1(O)C(=O)C(C)=C[C@@H]21. The van der Waals surface area contributed by atoms with E-state index in [4.69, 9.17) is 4.74 Å². The topological polar surface area (TPSA) is 104 Å². The van der Waals surface area contributed by atoms with Crippen LogP contribution in [-0.2, 0) is 14.3 Å². The van der Waals surface area contributed by atoms with Crippen LogP contribution in [0.4, 0.5) is 0 Å². The summed E-state index contributed by atoms with van der Waals surface area (Å²) < 4.78 is 5.57. The number of hydrogen-bond donors (Lipinski definition) is 3. The van der Waals surface area contributed by atoms with Crippen LogP contribution < -0.4 is 0 Å². The molecule has 0 aliphatic heterocycles. The summed E-state index contributed by atoms with van der Waals surface area (Å²) in [6, 6.07) is 0. The Morgan fingerprint density at radius 3 is 2.50 bits per heavy atom. The van der Waals surface area contributed by atoms with Crippen LogP contribution in [0.15, 0.2) is 35.5 Å². The molecule has 6 nitrogen and oxygen atoms in total. The first-order chi connectivity index (χ1) is 13.0. The van der Waals surface area contributed by atoms with Crippen molar-refractivity contribution in [2.75, 3.05) is 6.61 Å². The van der Waals surface area contributed by atoms with Gasteiger partial charge in [0, 0.05) is 31.1 Å². The Labute approximate surface area is 165 Å². The minimum atomic E-state index is -1.79. The van der Waals surface area contributed by atoms with E-state index in [0.717, 1.165) is 5.57 Å². The first kappa shape index (κ1) is 21.0. The Kier molecular flexibility index (Phi) is 5.19. The molecule has 0 saturated heterocycles. The highest BCUT2D eigenvalue weighted by molar-refractivity contribution is 6.04. The molecule has 0 aromatic rings. The molecule has 3 N–H and O–H groups in total. The van der Waals surface area contributed by atoms with E-state index in [1.54, 1.807) is 19.1 Å². The molecule has 0 radical (unpaired) electrons. The molecule has 3 aliphatic carbocycles. The van der Waals surface area contributed by atoms with Crippen molar-refractivity contribution in [3.8, 4) is 0 Å². The normalized spacial score (nSPS) is 42.7.